The average Bonchev–Trinajstić information content (AvgIpc) is 3.03. The second-order valence-corrected chi connectivity index (χ2v) is 4.77. The predicted molar refractivity (Wildman–Crippen MR) is 78.9 cm³/mol. The molecule has 0 amide bonds. The highest BCUT2D eigenvalue weighted by atomic mass is 16.1. The van der Waals surface area contributed by atoms with Gasteiger partial charge in [0.2, 0.25) is 0 Å². The van der Waals surface area contributed by atoms with Crippen molar-refractivity contribution in [3.63, 3.8) is 0 Å². The van der Waals surface area contributed by atoms with Gasteiger partial charge in [-0.15, -0.1) is 0 Å². The summed E-state index contributed by atoms with van der Waals surface area (Å²) in [5, 5.41) is 0. The molecular weight excluding hydrogens is 252 g/mol. The summed E-state index contributed by atoms with van der Waals surface area (Å²) in [5.74, 6) is 0. The number of benzene rings is 1. The molecule has 0 atom stereocenters. The highest BCUT2D eigenvalue weighted by Crippen LogP contribution is 2.14. The fourth-order valence-corrected chi connectivity index (χ4v) is 2.66. The number of aryl methyl sites for hydroxylation is 2. The molecule has 3 rings (SSSR count). The zero-order chi connectivity index (χ0) is 14.1. The first-order valence-corrected chi connectivity index (χ1v) is 6.93. The van der Waals surface area contributed by atoms with Crippen molar-refractivity contribution in [3.05, 3.63) is 53.0 Å². The van der Waals surface area contributed by atoms with Crippen LogP contribution in [0.5, 0.6) is 0 Å². The zero-order valence-electron chi connectivity index (χ0n) is 11.8. The first kappa shape index (κ1) is 12.7. The Kier molecular flexibility index (Phi) is 3.18. The zero-order valence-corrected chi connectivity index (χ0v) is 11.8. The van der Waals surface area contributed by atoms with E-state index in [1.807, 2.05) is 46.5 Å². The third kappa shape index (κ3) is 1.86. The van der Waals surface area contributed by atoms with Crippen molar-refractivity contribution < 1.29 is 0 Å². The Hall–Kier alpha value is -2.30. The monoisotopic (exact) mass is 270 g/mol. The van der Waals surface area contributed by atoms with Crippen molar-refractivity contribution in [3.8, 4) is 0 Å². The lowest BCUT2D eigenvalue weighted by molar-refractivity contribution is 0.640. The topological polar surface area (TPSA) is 44.8 Å². The molecule has 0 spiro atoms. The van der Waals surface area contributed by atoms with E-state index in [2.05, 4.69) is 16.5 Å². The van der Waals surface area contributed by atoms with Crippen LogP contribution >= 0.6 is 0 Å². The summed E-state index contributed by atoms with van der Waals surface area (Å²) in [5.41, 5.74) is 3.05. The van der Waals surface area contributed by atoms with Crippen molar-refractivity contribution in [2.24, 2.45) is 0 Å². The van der Waals surface area contributed by atoms with E-state index in [0.717, 1.165) is 23.3 Å². The number of aromatic nitrogens is 4. The van der Waals surface area contributed by atoms with Crippen molar-refractivity contribution in [1.29, 1.82) is 0 Å². The Morgan fingerprint density at radius 3 is 2.40 bits per heavy atom. The van der Waals surface area contributed by atoms with Crippen LogP contribution in [0.1, 0.15) is 19.5 Å². The van der Waals surface area contributed by atoms with E-state index in [-0.39, 0.29) is 5.69 Å². The molecule has 3 aromatic rings. The fourth-order valence-electron chi connectivity index (χ4n) is 2.66. The molecule has 1 aromatic carbocycles. The van der Waals surface area contributed by atoms with Crippen molar-refractivity contribution in [1.82, 2.24) is 18.7 Å². The van der Waals surface area contributed by atoms with E-state index in [9.17, 15) is 4.79 Å². The van der Waals surface area contributed by atoms with Gasteiger partial charge in [0.25, 0.3) is 0 Å². The molecule has 5 nitrogen and oxygen atoms in total. The van der Waals surface area contributed by atoms with Crippen molar-refractivity contribution in [2.75, 3.05) is 0 Å². The fraction of sp³-hybridized carbons (Fsp3) is 0.333. The van der Waals surface area contributed by atoms with Gasteiger partial charge >= 0.3 is 5.69 Å². The minimum Gasteiger partial charge on any atom is -0.333 e. The SMILES string of the molecule is CCn1cncc1Cn1c(=O)n(CC)c2ccccc21. The average molecular weight is 270 g/mol. The maximum absolute atomic E-state index is 12.5. The molecule has 0 fully saturated rings. The maximum Gasteiger partial charge on any atom is 0.329 e. The molecule has 0 aliphatic carbocycles. The van der Waals surface area contributed by atoms with Gasteiger partial charge in [-0.3, -0.25) is 9.13 Å². The summed E-state index contributed by atoms with van der Waals surface area (Å²) in [4.78, 5) is 16.7. The van der Waals surface area contributed by atoms with Crippen LogP contribution in [0.25, 0.3) is 11.0 Å². The van der Waals surface area contributed by atoms with E-state index in [1.54, 1.807) is 6.33 Å². The molecule has 104 valence electrons. The predicted octanol–water partition coefficient (Wildman–Crippen LogP) is 2.09. The van der Waals surface area contributed by atoms with Gasteiger partial charge < -0.3 is 4.57 Å². The molecule has 2 heterocycles. The van der Waals surface area contributed by atoms with E-state index >= 15 is 0 Å². The minimum atomic E-state index is 0.0394. The second kappa shape index (κ2) is 5.00. The first-order valence-electron chi connectivity index (χ1n) is 6.93. The highest BCUT2D eigenvalue weighted by molar-refractivity contribution is 5.76. The second-order valence-electron chi connectivity index (χ2n) is 4.77. The van der Waals surface area contributed by atoms with Gasteiger partial charge in [0.05, 0.1) is 29.6 Å². The normalized spacial score (nSPS) is 11.3. The van der Waals surface area contributed by atoms with Gasteiger partial charge in [-0.05, 0) is 26.0 Å². The molecular formula is C15H18N4O. The van der Waals surface area contributed by atoms with Crippen LogP contribution in [0.3, 0.4) is 0 Å². The summed E-state index contributed by atoms with van der Waals surface area (Å²) in [6.45, 7) is 6.16. The van der Waals surface area contributed by atoms with E-state index in [0.29, 0.717) is 13.1 Å². The highest BCUT2D eigenvalue weighted by Gasteiger charge is 2.13. The molecule has 0 radical (unpaired) electrons. The standard InChI is InChI=1S/C15H18N4O/c1-3-17-11-16-9-12(17)10-19-14-8-6-5-7-13(14)18(4-2)15(19)20/h5-9,11H,3-4,10H2,1-2H3. The maximum atomic E-state index is 12.5. The molecule has 0 unspecified atom stereocenters. The Morgan fingerprint density at radius 1 is 1.05 bits per heavy atom. The summed E-state index contributed by atoms with van der Waals surface area (Å²) >= 11 is 0. The van der Waals surface area contributed by atoms with Gasteiger partial charge in [0.15, 0.2) is 0 Å². The molecule has 0 aliphatic rings. The Morgan fingerprint density at radius 2 is 1.75 bits per heavy atom. The lowest BCUT2D eigenvalue weighted by Gasteiger charge is -2.06. The number of fused-ring (bicyclic) bond motifs is 1. The molecule has 20 heavy (non-hydrogen) atoms. The lowest BCUT2D eigenvalue weighted by Crippen LogP contribution is -2.25. The van der Waals surface area contributed by atoms with E-state index in [4.69, 9.17) is 0 Å². The first-order chi connectivity index (χ1) is 9.76. The number of hydrogen-bond acceptors (Lipinski definition) is 2. The van der Waals surface area contributed by atoms with Crippen LogP contribution in [0, 0.1) is 0 Å². The van der Waals surface area contributed by atoms with Gasteiger partial charge in [-0.1, -0.05) is 12.1 Å². The number of rotatable bonds is 4. The van der Waals surface area contributed by atoms with Gasteiger partial charge in [-0.2, -0.15) is 0 Å². The number of hydrogen-bond donors (Lipinski definition) is 0. The van der Waals surface area contributed by atoms with Crippen molar-refractivity contribution >= 4 is 11.0 Å². The molecule has 0 N–H and O–H groups in total. The number of imidazole rings is 2. The molecule has 0 saturated carbocycles. The van der Waals surface area contributed by atoms with E-state index in [1.165, 1.54) is 0 Å². The van der Waals surface area contributed by atoms with Gasteiger partial charge in [0.1, 0.15) is 0 Å². The van der Waals surface area contributed by atoms with Crippen LogP contribution in [0.2, 0.25) is 0 Å². The molecule has 0 aliphatic heterocycles. The van der Waals surface area contributed by atoms with Crippen LogP contribution < -0.4 is 5.69 Å². The van der Waals surface area contributed by atoms with Gasteiger partial charge in [-0.25, -0.2) is 9.78 Å². The van der Waals surface area contributed by atoms with Crippen LogP contribution in [-0.4, -0.2) is 18.7 Å². The Bertz CT molecular complexity index is 794. The van der Waals surface area contributed by atoms with Crippen LogP contribution in [0.4, 0.5) is 0 Å². The van der Waals surface area contributed by atoms with Gasteiger partial charge in [0, 0.05) is 19.3 Å². The van der Waals surface area contributed by atoms with E-state index < -0.39 is 0 Å². The third-order valence-corrected chi connectivity index (χ3v) is 3.70. The molecule has 0 bridgehead atoms. The molecule has 2 aromatic heterocycles. The Balaban J connectivity index is 2.17. The number of nitrogens with zero attached hydrogens (tertiary/aromatic N) is 4. The largest absolute Gasteiger partial charge is 0.333 e. The van der Waals surface area contributed by atoms with Crippen LogP contribution in [-0.2, 0) is 19.6 Å². The minimum absolute atomic E-state index is 0.0394. The Labute approximate surface area is 117 Å². The molecule has 0 saturated heterocycles. The lowest BCUT2D eigenvalue weighted by atomic mass is 10.3. The smallest absolute Gasteiger partial charge is 0.329 e. The summed E-state index contributed by atoms with van der Waals surface area (Å²) in [7, 11) is 0. The summed E-state index contributed by atoms with van der Waals surface area (Å²) < 4.78 is 5.69. The summed E-state index contributed by atoms with van der Waals surface area (Å²) in [6.07, 6.45) is 3.63. The quantitative estimate of drug-likeness (QED) is 0.728. The van der Waals surface area contributed by atoms with Crippen LogP contribution in [0.15, 0.2) is 41.6 Å². The van der Waals surface area contributed by atoms with Crippen molar-refractivity contribution in [2.45, 2.75) is 33.5 Å². The summed E-state index contributed by atoms with van der Waals surface area (Å²) in [6, 6.07) is 7.92. The molecule has 5 heteroatoms. The third-order valence-electron chi connectivity index (χ3n) is 3.70. The number of para-hydroxylation sites is 2.